The average molecular weight is 376 g/mol. The molecule has 0 unspecified atom stereocenters. The van der Waals surface area contributed by atoms with Gasteiger partial charge < -0.3 is 15.8 Å². The Labute approximate surface area is 154 Å². The standard InChI is InChI=1S/C19H24N2O4S/c1-19(2,3)25-18(22)21-12-13-8-9-16(17(20)10-13)14-6-5-7-15(11-14)26(4,23)24/h5-11H,12,20H2,1-4H3,(H,21,22). The van der Waals surface area contributed by atoms with Crippen LogP contribution in [-0.4, -0.2) is 26.4 Å². The van der Waals surface area contributed by atoms with Gasteiger partial charge in [-0.1, -0.05) is 24.3 Å². The minimum absolute atomic E-state index is 0.241. The number of carbonyl (C=O) groups excluding carboxylic acids is 1. The van der Waals surface area contributed by atoms with Gasteiger partial charge >= 0.3 is 6.09 Å². The zero-order valence-corrected chi connectivity index (χ0v) is 16.2. The number of carbonyl (C=O) groups is 1. The Morgan fingerprint density at radius 3 is 2.42 bits per heavy atom. The fraction of sp³-hybridized carbons (Fsp3) is 0.316. The van der Waals surface area contributed by atoms with Crippen LogP contribution in [0.4, 0.5) is 10.5 Å². The van der Waals surface area contributed by atoms with E-state index in [9.17, 15) is 13.2 Å². The lowest BCUT2D eigenvalue weighted by molar-refractivity contribution is 0.0523. The predicted octanol–water partition coefficient (Wildman–Crippen LogP) is 3.36. The monoisotopic (exact) mass is 376 g/mol. The number of alkyl carbamates (subject to hydrolysis) is 1. The second kappa shape index (κ2) is 7.37. The van der Waals surface area contributed by atoms with E-state index in [1.165, 1.54) is 6.26 Å². The molecule has 7 heteroatoms. The van der Waals surface area contributed by atoms with Crippen LogP contribution in [0.3, 0.4) is 0 Å². The lowest BCUT2D eigenvalue weighted by Gasteiger charge is -2.19. The van der Waals surface area contributed by atoms with Gasteiger partial charge in [-0.05, 0) is 50.1 Å². The molecule has 2 rings (SSSR count). The van der Waals surface area contributed by atoms with Crippen molar-refractivity contribution >= 4 is 21.6 Å². The fourth-order valence-electron chi connectivity index (χ4n) is 2.37. The molecular weight excluding hydrogens is 352 g/mol. The molecule has 2 aromatic rings. The minimum Gasteiger partial charge on any atom is -0.444 e. The van der Waals surface area contributed by atoms with Crippen LogP contribution in [0.15, 0.2) is 47.4 Å². The maximum absolute atomic E-state index is 11.7. The number of benzene rings is 2. The summed E-state index contributed by atoms with van der Waals surface area (Å²) in [6.45, 7) is 5.67. The van der Waals surface area contributed by atoms with Crippen LogP contribution in [0.5, 0.6) is 0 Å². The number of sulfone groups is 1. The molecule has 0 atom stereocenters. The van der Waals surface area contributed by atoms with Gasteiger partial charge in [-0.3, -0.25) is 0 Å². The molecule has 0 spiro atoms. The van der Waals surface area contributed by atoms with Crippen LogP contribution in [-0.2, 0) is 21.1 Å². The molecule has 0 aromatic heterocycles. The first-order chi connectivity index (χ1) is 12.0. The molecule has 2 aromatic carbocycles. The van der Waals surface area contributed by atoms with Crippen LogP contribution < -0.4 is 11.1 Å². The van der Waals surface area contributed by atoms with Crippen LogP contribution in [0.2, 0.25) is 0 Å². The molecule has 0 fully saturated rings. The Bertz CT molecular complexity index is 915. The summed E-state index contributed by atoms with van der Waals surface area (Å²) in [5, 5.41) is 2.67. The van der Waals surface area contributed by atoms with Gasteiger partial charge in [-0.25, -0.2) is 13.2 Å². The van der Waals surface area contributed by atoms with Crippen molar-refractivity contribution in [3.63, 3.8) is 0 Å². The number of amides is 1. The summed E-state index contributed by atoms with van der Waals surface area (Å²) >= 11 is 0. The normalized spacial score (nSPS) is 11.8. The number of ether oxygens (including phenoxy) is 1. The Hall–Kier alpha value is -2.54. The summed E-state index contributed by atoms with van der Waals surface area (Å²) in [5.74, 6) is 0. The Balaban J connectivity index is 2.16. The molecule has 140 valence electrons. The van der Waals surface area contributed by atoms with Crippen LogP contribution >= 0.6 is 0 Å². The van der Waals surface area contributed by atoms with Gasteiger partial charge in [0.1, 0.15) is 5.60 Å². The minimum atomic E-state index is -3.29. The van der Waals surface area contributed by atoms with Crippen molar-refractivity contribution in [1.29, 1.82) is 0 Å². The van der Waals surface area contributed by atoms with Crippen LogP contribution in [0.25, 0.3) is 11.1 Å². The molecule has 0 saturated carbocycles. The molecular formula is C19H24N2O4S. The van der Waals surface area contributed by atoms with E-state index in [1.807, 2.05) is 12.1 Å². The number of hydrogen-bond acceptors (Lipinski definition) is 5. The predicted molar refractivity (Wildman–Crippen MR) is 102 cm³/mol. The SMILES string of the molecule is CC(C)(C)OC(=O)NCc1ccc(-c2cccc(S(C)(=O)=O)c2)c(N)c1. The quantitative estimate of drug-likeness (QED) is 0.797. The van der Waals surface area contributed by atoms with Crippen molar-refractivity contribution in [2.75, 3.05) is 12.0 Å². The smallest absolute Gasteiger partial charge is 0.407 e. The second-order valence-corrected chi connectivity index (χ2v) is 9.09. The highest BCUT2D eigenvalue weighted by atomic mass is 32.2. The van der Waals surface area contributed by atoms with Gasteiger partial charge in [0, 0.05) is 24.1 Å². The van der Waals surface area contributed by atoms with Crippen molar-refractivity contribution in [2.24, 2.45) is 0 Å². The van der Waals surface area contributed by atoms with Gasteiger partial charge in [0.05, 0.1) is 4.90 Å². The summed E-state index contributed by atoms with van der Waals surface area (Å²) in [6, 6.07) is 12.0. The lowest BCUT2D eigenvalue weighted by Crippen LogP contribution is -2.32. The lowest BCUT2D eigenvalue weighted by atomic mass is 10.0. The van der Waals surface area contributed by atoms with Crippen molar-refractivity contribution in [1.82, 2.24) is 5.32 Å². The maximum Gasteiger partial charge on any atom is 0.407 e. The van der Waals surface area contributed by atoms with Crippen molar-refractivity contribution in [3.05, 3.63) is 48.0 Å². The van der Waals surface area contributed by atoms with Crippen LogP contribution in [0, 0.1) is 0 Å². The number of nitrogens with two attached hydrogens (primary N) is 1. The van der Waals surface area contributed by atoms with Gasteiger partial charge in [0.25, 0.3) is 0 Å². The summed E-state index contributed by atoms with van der Waals surface area (Å²) in [7, 11) is -3.29. The van der Waals surface area contributed by atoms with Crippen molar-refractivity contribution in [2.45, 2.75) is 37.8 Å². The first-order valence-corrected chi connectivity index (χ1v) is 10.0. The van der Waals surface area contributed by atoms with Crippen molar-refractivity contribution < 1.29 is 17.9 Å². The first-order valence-electron chi connectivity index (χ1n) is 8.11. The molecule has 6 nitrogen and oxygen atoms in total. The molecule has 3 N–H and O–H groups in total. The van der Waals surface area contributed by atoms with Gasteiger partial charge in [0.15, 0.2) is 9.84 Å². The number of nitrogen functional groups attached to an aromatic ring is 1. The molecule has 26 heavy (non-hydrogen) atoms. The van der Waals surface area contributed by atoms with E-state index in [0.29, 0.717) is 5.69 Å². The van der Waals surface area contributed by atoms with E-state index in [4.69, 9.17) is 10.5 Å². The van der Waals surface area contributed by atoms with E-state index in [-0.39, 0.29) is 11.4 Å². The van der Waals surface area contributed by atoms with Gasteiger partial charge in [0.2, 0.25) is 0 Å². The maximum atomic E-state index is 11.7. The Kier molecular flexibility index (Phi) is 5.61. The number of nitrogens with one attached hydrogen (secondary N) is 1. The number of hydrogen-bond donors (Lipinski definition) is 2. The molecule has 0 aliphatic carbocycles. The second-order valence-electron chi connectivity index (χ2n) is 7.08. The summed E-state index contributed by atoms with van der Waals surface area (Å²) in [5.41, 5.74) is 8.34. The zero-order valence-electron chi connectivity index (χ0n) is 15.4. The highest BCUT2D eigenvalue weighted by Gasteiger charge is 2.16. The molecule has 0 aliphatic rings. The largest absolute Gasteiger partial charge is 0.444 e. The molecule has 0 bridgehead atoms. The van der Waals surface area contributed by atoms with E-state index in [0.717, 1.165) is 16.7 Å². The highest BCUT2D eigenvalue weighted by molar-refractivity contribution is 7.90. The third kappa shape index (κ3) is 5.49. The molecule has 0 aliphatic heterocycles. The molecule has 0 saturated heterocycles. The zero-order chi connectivity index (χ0) is 19.5. The van der Waals surface area contributed by atoms with E-state index in [1.54, 1.807) is 51.1 Å². The third-order valence-corrected chi connectivity index (χ3v) is 4.64. The third-order valence-electron chi connectivity index (χ3n) is 3.52. The first kappa shape index (κ1) is 19.8. The number of anilines is 1. The van der Waals surface area contributed by atoms with Gasteiger partial charge in [-0.15, -0.1) is 0 Å². The van der Waals surface area contributed by atoms with Crippen molar-refractivity contribution in [3.8, 4) is 11.1 Å². The molecule has 0 radical (unpaired) electrons. The van der Waals surface area contributed by atoms with E-state index >= 15 is 0 Å². The summed E-state index contributed by atoms with van der Waals surface area (Å²) < 4.78 is 28.6. The van der Waals surface area contributed by atoms with Gasteiger partial charge in [-0.2, -0.15) is 0 Å². The van der Waals surface area contributed by atoms with E-state index in [2.05, 4.69) is 5.32 Å². The number of rotatable bonds is 4. The summed E-state index contributed by atoms with van der Waals surface area (Å²) in [6.07, 6.45) is 0.668. The summed E-state index contributed by atoms with van der Waals surface area (Å²) in [4.78, 5) is 12.0. The Morgan fingerprint density at radius 2 is 1.85 bits per heavy atom. The highest BCUT2D eigenvalue weighted by Crippen LogP contribution is 2.28. The van der Waals surface area contributed by atoms with Crippen LogP contribution in [0.1, 0.15) is 26.3 Å². The molecule has 0 heterocycles. The van der Waals surface area contributed by atoms with E-state index < -0.39 is 21.5 Å². The Morgan fingerprint density at radius 1 is 1.15 bits per heavy atom. The topological polar surface area (TPSA) is 98.5 Å². The molecule has 1 amide bonds. The average Bonchev–Trinajstić information content (AvgIpc) is 2.51. The fourth-order valence-corrected chi connectivity index (χ4v) is 3.03.